The Bertz CT molecular complexity index is 417. The van der Waals surface area contributed by atoms with Gasteiger partial charge in [-0.15, -0.1) is 0 Å². The zero-order valence-electron chi connectivity index (χ0n) is 10.5. The van der Waals surface area contributed by atoms with Crippen molar-refractivity contribution >= 4 is 0 Å². The third kappa shape index (κ3) is 3.26. The number of nitrogens with one attached hydrogen (secondary N) is 1. The second kappa shape index (κ2) is 5.90. The SMILES string of the molecule is CNC(c1ccccc1C(F)(F)F)C1COCCO1. The molecule has 1 aromatic rings. The third-order valence-electron chi connectivity index (χ3n) is 3.13. The minimum Gasteiger partial charge on any atom is -0.376 e. The molecular formula is C13H16F3NO2. The van der Waals surface area contributed by atoms with Gasteiger partial charge in [0.1, 0.15) is 6.10 Å². The number of benzene rings is 1. The van der Waals surface area contributed by atoms with Gasteiger partial charge in [0.05, 0.1) is 31.4 Å². The molecule has 1 fully saturated rings. The Balaban J connectivity index is 2.32. The first-order valence-corrected chi connectivity index (χ1v) is 6.06. The molecule has 2 atom stereocenters. The lowest BCUT2D eigenvalue weighted by Crippen LogP contribution is -2.40. The molecule has 0 spiro atoms. The minimum absolute atomic E-state index is 0.188. The van der Waals surface area contributed by atoms with Crippen molar-refractivity contribution in [2.45, 2.75) is 18.3 Å². The number of hydrogen-bond donors (Lipinski definition) is 1. The van der Waals surface area contributed by atoms with Crippen LogP contribution >= 0.6 is 0 Å². The second-order valence-corrected chi connectivity index (χ2v) is 4.34. The summed E-state index contributed by atoms with van der Waals surface area (Å²) in [6, 6.07) is 5.00. The maximum absolute atomic E-state index is 13.0. The van der Waals surface area contributed by atoms with Crippen molar-refractivity contribution in [1.29, 1.82) is 0 Å². The van der Waals surface area contributed by atoms with Crippen LogP contribution in [0, 0.1) is 0 Å². The predicted molar refractivity (Wildman–Crippen MR) is 63.8 cm³/mol. The Morgan fingerprint density at radius 2 is 2.00 bits per heavy atom. The van der Waals surface area contributed by atoms with Gasteiger partial charge in [-0.25, -0.2) is 0 Å². The minimum atomic E-state index is -4.37. The molecule has 1 saturated heterocycles. The summed E-state index contributed by atoms with van der Waals surface area (Å²) in [5, 5.41) is 2.90. The van der Waals surface area contributed by atoms with E-state index in [0.717, 1.165) is 6.07 Å². The van der Waals surface area contributed by atoms with Crippen LogP contribution < -0.4 is 5.32 Å². The smallest absolute Gasteiger partial charge is 0.376 e. The molecule has 2 rings (SSSR count). The largest absolute Gasteiger partial charge is 0.416 e. The molecule has 6 heteroatoms. The highest BCUT2D eigenvalue weighted by Crippen LogP contribution is 2.36. The van der Waals surface area contributed by atoms with Gasteiger partial charge >= 0.3 is 6.18 Å². The van der Waals surface area contributed by atoms with Crippen molar-refractivity contribution in [2.24, 2.45) is 0 Å². The Kier molecular flexibility index (Phi) is 4.44. The fourth-order valence-electron chi connectivity index (χ4n) is 2.27. The molecule has 1 N–H and O–H groups in total. The van der Waals surface area contributed by atoms with E-state index < -0.39 is 23.9 Å². The maximum atomic E-state index is 13.0. The van der Waals surface area contributed by atoms with Crippen LogP contribution in [0.1, 0.15) is 17.2 Å². The van der Waals surface area contributed by atoms with Crippen LogP contribution in [0.5, 0.6) is 0 Å². The number of hydrogen-bond acceptors (Lipinski definition) is 3. The summed E-state index contributed by atoms with van der Waals surface area (Å²) in [7, 11) is 1.62. The van der Waals surface area contributed by atoms with Crippen LogP contribution in [0.25, 0.3) is 0 Å². The maximum Gasteiger partial charge on any atom is 0.416 e. The molecule has 3 nitrogen and oxygen atoms in total. The standard InChI is InChI=1S/C13H16F3NO2/c1-17-12(11-8-18-6-7-19-11)9-4-2-3-5-10(9)13(14,15)16/h2-5,11-12,17H,6-8H2,1H3. The van der Waals surface area contributed by atoms with E-state index in [1.165, 1.54) is 12.1 Å². The van der Waals surface area contributed by atoms with Crippen LogP contribution in [0.2, 0.25) is 0 Å². The lowest BCUT2D eigenvalue weighted by Gasteiger charge is -2.31. The zero-order chi connectivity index (χ0) is 13.9. The molecule has 1 aliphatic rings. The van der Waals surface area contributed by atoms with Gasteiger partial charge in [-0.3, -0.25) is 0 Å². The molecule has 1 heterocycles. The summed E-state index contributed by atoms with van der Waals surface area (Å²) >= 11 is 0. The van der Waals surface area contributed by atoms with E-state index in [4.69, 9.17) is 9.47 Å². The molecule has 0 saturated carbocycles. The highest BCUT2D eigenvalue weighted by Gasteiger charge is 2.37. The van der Waals surface area contributed by atoms with Gasteiger partial charge in [-0.1, -0.05) is 18.2 Å². The molecule has 0 aromatic heterocycles. The van der Waals surface area contributed by atoms with Gasteiger partial charge in [0.25, 0.3) is 0 Å². The number of likely N-dealkylation sites (N-methyl/N-ethyl adjacent to an activating group) is 1. The third-order valence-corrected chi connectivity index (χ3v) is 3.13. The van der Waals surface area contributed by atoms with Gasteiger partial charge < -0.3 is 14.8 Å². The lowest BCUT2D eigenvalue weighted by molar-refractivity contribution is -0.140. The first kappa shape index (κ1) is 14.3. The number of alkyl halides is 3. The van der Waals surface area contributed by atoms with E-state index >= 15 is 0 Å². The number of rotatable bonds is 3. The van der Waals surface area contributed by atoms with E-state index in [1.54, 1.807) is 13.1 Å². The fraction of sp³-hybridized carbons (Fsp3) is 0.538. The van der Waals surface area contributed by atoms with Gasteiger partial charge in [0.15, 0.2) is 0 Å². The Hall–Kier alpha value is -1.11. The van der Waals surface area contributed by atoms with Gasteiger partial charge in [-0.05, 0) is 18.7 Å². The summed E-state index contributed by atoms with van der Waals surface area (Å²) in [6.07, 6.45) is -4.79. The molecular weight excluding hydrogens is 259 g/mol. The van der Waals surface area contributed by atoms with Gasteiger partial charge in [0.2, 0.25) is 0 Å². The molecule has 0 radical (unpaired) electrons. The first-order valence-electron chi connectivity index (χ1n) is 6.06. The molecule has 0 aliphatic carbocycles. The average Bonchev–Trinajstić information content (AvgIpc) is 2.40. The highest BCUT2D eigenvalue weighted by molar-refractivity contribution is 5.33. The van der Waals surface area contributed by atoms with E-state index in [0.29, 0.717) is 13.2 Å². The summed E-state index contributed by atoms with van der Waals surface area (Å²) in [5.41, 5.74) is -0.448. The van der Waals surface area contributed by atoms with Crippen LogP contribution in [-0.4, -0.2) is 33.0 Å². The van der Waals surface area contributed by atoms with E-state index in [-0.39, 0.29) is 12.2 Å². The number of ether oxygens (including phenoxy) is 2. The quantitative estimate of drug-likeness (QED) is 0.918. The summed E-state index contributed by atoms with van der Waals surface area (Å²) < 4.78 is 49.8. The second-order valence-electron chi connectivity index (χ2n) is 4.34. The lowest BCUT2D eigenvalue weighted by atomic mass is 9.96. The molecule has 0 amide bonds. The van der Waals surface area contributed by atoms with E-state index in [2.05, 4.69) is 5.32 Å². The summed E-state index contributed by atoms with van der Waals surface area (Å²) in [6.45, 7) is 1.17. The molecule has 0 bridgehead atoms. The van der Waals surface area contributed by atoms with Crippen molar-refractivity contribution in [3.8, 4) is 0 Å². The Morgan fingerprint density at radius 1 is 1.26 bits per heavy atom. The fourth-order valence-corrected chi connectivity index (χ4v) is 2.27. The Morgan fingerprint density at radius 3 is 2.58 bits per heavy atom. The van der Waals surface area contributed by atoms with Crippen LogP contribution in [0.4, 0.5) is 13.2 Å². The van der Waals surface area contributed by atoms with Gasteiger partial charge in [-0.2, -0.15) is 13.2 Å². The predicted octanol–water partition coefficient (Wildman–Crippen LogP) is 2.38. The van der Waals surface area contributed by atoms with Crippen molar-refractivity contribution in [2.75, 3.05) is 26.9 Å². The number of halogens is 3. The average molecular weight is 275 g/mol. The van der Waals surface area contributed by atoms with Crippen molar-refractivity contribution in [3.63, 3.8) is 0 Å². The van der Waals surface area contributed by atoms with Crippen LogP contribution in [-0.2, 0) is 15.7 Å². The first-order chi connectivity index (χ1) is 9.04. The van der Waals surface area contributed by atoms with Crippen LogP contribution in [0.15, 0.2) is 24.3 Å². The van der Waals surface area contributed by atoms with E-state index in [1.807, 2.05) is 0 Å². The highest BCUT2D eigenvalue weighted by atomic mass is 19.4. The normalized spacial score (nSPS) is 22.2. The van der Waals surface area contributed by atoms with Gasteiger partial charge in [0, 0.05) is 0 Å². The van der Waals surface area contributed by atoms with E-state index in [9.17, 15) is 13.2 Å². The molecule has 1 aliphatic heterocycles. The molecule has 2 unspecified atom stereocenters. The van der Waals surface area contributed by atoms with Crippen LogP contribution in [0.3, 0.4) is 0 Å². The molecule has 19 heavy (non-hydrogen) atoms. The molecule has 106 valence electrons. The van der Waals surface area contributed by atoms with Crippen molar-refractivity contribution in [1.82, 2.24) is 5.32 Å². The topological polar surface area (TPSA) is 30.5 Å². The summed E-state index contributed by atoms with van der Waals surface area (Å²) in [5.74, 6) is 0. The monoisotopic (exact) mass is 275 g/mol. The van der Waals surface area contributed by atoms with Crippen molar-refractivity contribution in [3.05, 3.63) is 35.4 Å². The Labute approximate surface area is 109 Å². The zero-order valence-corrected chi connectivity index (χ0v) is 10.5. The summed E-state index contributed by atoms with van der Waals surface area (Å²) in [4.78, 5) is 0. The van der Waals surface area contributed by atoms with Crippen molar-refractivity contribution < 1.29 is 22.6 Å². The molecule has 1 aromatic carbocycles.